The number of hydrogen-bond acceptors (Lipinski definition) is 5. The predicted octanol–water partition coefficient (Wildman–Crippen LogP) is 5.39. The van der Waals surface area contributed by atoms with Gasteiger partial charge in [0.1, 0.15) is 0 Å². The van der Waals surface area contributed by atoms with Crippen LogP contribution in [0.15, 0.2) is 78.2 Å². The first-order chi connectivity index (χ1) is 15.5. The average Bonchev–Trinajstić information content (AvgIpc) is 3.24. The normalized spacial score (nSPS) is 10.8. The number of aromatic nitrogens is 4. The largest absolute Gasteiger partial charge is 0.341 e. The maximum absolute atomic E-state index is 12.8. The molecule has 32 heavy (non-hydrogen) atoms. The van der Waals surface area contributed by atoms with Crippen LogP contribution in [0.25, 0.3) is 17.1 Å². The van der Waals surface area contributed by atoms with Crippen molar-refractivity contribution in [3.63, 3.8) is 0 Å². The van der Waals surface area contributed by atoms with E-state index in [0.29, 0.717) is 27.6 Å². The summed E-state index contributed by atoms with van der Waals surface area (Å²) in [7, 11) is 1.75. The van der Waals surface area contributed by atoms with Gasteiger partial charge >= 0.3 is 0 Å². The van der Waals surface area contributed by atoms with E-state index in [1.807, 2.05) is 53.1 Å². The van der Waals surface area contributed by atoms with Crippen LogP contribution < -0.4 is 0 Å². The molecule has 4 aromatic rings. The fourth-order valence-corrected chi connectivity index (χ4v) is 4.45. The Morgan fingerprint density at radius 1 is 1.06 bits per heavy atom. The fraction of sp³-hybridized carbons (Fsp3) is 0.130. The Hall–Kier alpha value is -2.87. The minimum absolute atomic E-state index is 0.0495. The summed E-state index contributed by atoms with van der Waals surface area (Å²) in [6.07, 6.45) is 3.45. The van der Waals surface area contributed by atoms with Crippen LogP contribution in [0.2, 0.25) is 10.0 Å². The highest BCUT2D eigenvalue weighted by Crippen LogP contribution is 2.28. The highest BCUT2D eigenvalue weighted by molar-refractivity contribution is 7.99. The van der Waals surface area contributed by atoms with Crippen molar-refractivity contribution >= 4 is 40.9 Å². The number of para-hydroxylation sites is 1. The Labute approximate surface area is 200 Å². The van der Waals surface area contributed by atoms with Crippen molar-refractivity contribution in [1.82, 2.24) is 24.6 Å². The first kappa shape index (κ1) is 22.3. The van der Waals surface area contributed by atoms with Gasteiger partial charge in [-0.15, -0.1) is 10.2 Å². The van der Waals surface area contributed by atoms with E-state index in [-0.39, 0.29) is 11.7 Å². The van der Waals surface area contributed by atoms with Crippen LogP contribution in [0, 0.1) is 0 Å². The number of rotatable bonds is 7. The van der Waals surface area contributed by atoms with Gasteiger partial charge < -0.3 is 4.90 Å². The molecule has 0 atom stereocenters. The van der Waals surface area contributed by atoms with Crippen molar-refractivity contribution in [3.8, 4) is 17.1 Å². The zero-order valence-corrected chi connectivity index (χ0v) is 19.5. The van der Waals surface area contributed by atoms with Gasteiger partial charge in [-0.2, -0.15) is 0 Å². The van der Waals surface area contributed by atoms with E-state index in [1.54, 1.807) is 36.5 Å². The number of benzene rings is 2. The van der Waals surface area contributed by atoms with Crippen molar-refractivity contribution < 1.29 is 4.79 Å². The molecule has 0 unspecified atom stereocenters. The van der Waals surface area contributed by atoms with Gasteiger partial charge in [0, 0.05) is 47.3 Å². The molecule has 1 amide bonds. The van der Waals surface area contributed by atoms with Crippen molar-refractivity contribution in [2.24, 2.45) is 0 Å². The summed E-state index contributed by atoms with van der Waals surface area (Å²) in [6, 6.07) is 18.8. The lowest BCUT2D eigenvalue weighted by molar-refractivity contribution is -0.127. The van der Waals surface area contributed by atoms with E-state index in [9.17, 15) is 4.79 Å². The summed E-state index contributed by atoms with van der Waals surface area (Å²) in [4.78, 5) is 18.6. The van der Waals surface area contributed by atoms with Crippen LogP contribution >= 0.6 is 35.0 Å². The second-order valence-electron chi connectivity index (χ2n) is 6.99. The van der Waals surface area contributed by atoms with Gasteiger partial charge in [-0.1, -0.05) is 59.2 Å². The number of pyridine rings is 1. The Bertz CT molecular complexity index is 1220. The van der Waals surface area contributed by atoms with E-state index in [0.717, 1.165) is 16.8 Å². The van der Waals surface area contributed by atoms with Gasteiger partial charge in [0.25, 0.3) is 0 Å². The SMILES string of the molecule is CN(Cc1ccc(Cl)cc1Cl)C(=O)CSc1nnc(-c2cccnc2)n1-c1ccccc1. The van der Waals surface area contributed by atoms with Gasteiger partial charge in [0.15, 0.2) is 11.0 Å². The molecular weight excluding hydrogens is 465 g/mol. The predicted molar refractivity (Wildman–Crippen MR) is 128 cm³/mol. The molecule has 0 N–H and O–H groups in total. The first-order valence-electron chi connectivity index (χ1n) is 9.75. The molecular formula is C23H19Cl2N5OS. The Morgan fingerprint density at radius 3 is 2.59 bits per heavy atom. The van der Waals surface area contributed by atoms with Gasteiger partial charge in [0.05, 0.1) is 5.75 Å². The monoisotopic (exact) mass is 483 g/mol. The van der Waals surface area contributed by atoms with Crippen molar-refractivity contribution in [3.05, 3.63) is 88.7 Å². The molecule has 0 bridgehead atoms. The molecule has 0 aliphatic carbocycles. The second-order valence-corrected chi connectivity index (χ2v) is 8.78. The van der Waals surface area contributed by atoms with Crippen LogP contribution in [-0.4, -0.2) is 43.4 Å². The molecule has 0 fully saturated rings. The van der Waals surface area contributed by atoms with E-state index in [4.69, 9.17) is 23.2 Å². The van der Waals surface area contributed by atoms with Gasteiger partial charge in [0.2, 0.25) is 5.91 Å². The number of halogens is 2. The van der Waals surface area contributed by atoms with Crippen LogP contribution in [0.4, 0.5) is 0 Å². The third-order valence-corrected chi connectivity index (χ3v) is 6.24. The maximum atomic E-state index is 12.8. The zero-order valence-electron chi connectivity index (χ0n) is 17.2. The molecule has 0 saturated carbocycles. The van der Waals surface area contributed by atoms with Gasteiger partial charge in [-0.3, -0.25) is 14.3 Å². The van der Waals surface area contributed by atoms with Gasteiger partial charge in [-0.05, 0) is 42.0 Å². The lowest BCUT2D eigenvalue weighted by Crippen LogP contribution is -2.28. The molecule has 0 aliphatic rings. The molecule has 0 spiro atoms. The molecule has 2 aromatic carbocycles. The van der Waals surface area contributed by atoms with Crippen molar-refractivity contribution in [2.75, 3.05) is 12.8 Å². The van der Waals surface area contributed by atoms with Crippen LogP contribution in [0.1, 0.15) is 5.56 Å². The van der Waals surface area contributed by atoms with Crippen molar-refractivity contribution in [1.29, 1.82) is 0 Å². The highest BCUT2D eigenvalue weighted by Gasteiger charge is 2.19. The number of carbonyl (C=O) groups is 1. The van der Waals surface area contributed by atoms with Crippen LogP contribution in [0.3, 0.4) is 0 Å². The minimum Gasteiger partial charge on any atom is -0.341 e. The quantitative estimate of drug-likeness (QED) is 0.330. The molecule has 9 heteroatoms. The van der Waals surface area contributed by atoms with E-state index in [1.165, 1.54) is 11.8 Å². The smallest absolute Gasteiger partial charge is 0.233 e. The topological polar surface area (TPSA) is 63.9 Å². The fourth-order valence-electron chi connectivity index (χ4n) is 3.09. The molecule has 6 nitrogen and oxygen atoms in total. The summed E-state index contributed by atoms with van der Waals surface area (Å²) in [5.74, 6) is 0.826. The lowest BCUT2D eigenvalue weighted by Gasteiger charge is -2.18. The molecule has 0 aliphatic heterocycles. The first-order valence-corrected chi connectivity index (χ1v) is 11.5. The molecule has 0 saturated heterocycles. The number of carbonyl (C=O) groups excluding carboxylic acids is 1. The number of thioether (sulfide) groups is 1. The van der Waals surface area contributed by atoms with Crippen LogP contribution in [0.5, 0.6) is 0 Å². The summed E-state index contributed by atoms with van der Waals surface area (Å²) in [6.45, 7) is 0.391. The third-order valence-electron chi connectivity index (χ3n) is 4.74. The molecule has 162 valence electrons. The second kappa shape index (κ2) is 10.2. The number of amides is 1. The Balaban J connectivity index is 1.53. The highest BCUT2D eigenvalue weighted by atomic mass is 35.5. The Kier molecular flexibility index (Phi) is 7.09. The van der Waals surface area contributed by atoms with E-state index >= 15 is 0 Å². The lowest BCUT2D eigenvalue weighted by atomic mass is 10.2. The Morgan fingerprint density at radius 2 is 1.88 bits per heavy atom. The van der Waals surface area contributed by atoms with Crippen LogP contribution in [-0.2, 0) is 11.3 Å². The van der Waals surface area contributed by atoms with E-state index in [2.05, 4.69) is 15.2 Å². The maximum Gasteiger partial charge on any atom is 0.233 e. The average molecular weight is 484 g/mol. The molecule has 4 rings (SSSR count). The summed E-state index contributed by atoms with van der Waals surface area (Å²) in [5.41, 5.74) is 2.59. The molecule has 2 heterocycles. The zero-order chi connectivity index (χ0) is 22.5. The molecule has 0 radical (unpaired) electrons. The number of hydrogen-bond donors (Lipinski definition) is 0. The summed E-state index contributed by atoms with van der Waals surface area (Å²) < 4.78 is 1.94. The minimum atomic E-state index is -0.0495. The summed E-state index contributed by atoms with van der Waals surface area (Å²) in [5, 5.41) is 10.4. The standard InChI is InChI=1S/C23H19Cl2N5OS/c1-29(14-17-9-10-18(24)12-20(17)25)21(31)15-32-23-28-27-22(16-6-5-11-26-13-16)30(23)19-7-3-2-4-8-19/h2-13H,14-15H2,1H3. The van der Waals surface area contributed by atoms with Crippen molar-refractivity contribution in [2.45, 2.75) is 11.7 Å². The molecule has 2 aromatic heterocycles. The van der Waals surface area contributed by atoms with E-state index < -0.39 is 0 Å². The third kappa shape index (κ3) is 5.12. The number of nitrogens with zero attached hydrogens (tertiary/aromatic N) is 5. The van der Waals surface area contributed by atoms with Gasteiger partial charge in [-0.25, -0.2) is 0 Å². The summed E-state index contributed by atoms with van der Waals surface area (Å²) >= 11 is 13.5.